The van der Waals surface area contributed by atoms with Crippen LogP contribution in [0.15, 0.2) is 71.6 Å². The molecule has 4 rings (SSSR count). The van der Waals surface area contributed by atoms with Crippen molar-refractivity contribution in [3.8, 4) is 0 Å². The lowest BCUT2D eigenvalue weighted by molar-refractivity contribution is -0.116. The Morgan fingerprint density at radius 2 is 1.74 bits per heavy atom. The van der Waals surface area contributed by atoms with Gasteiger partial charge in [0.25, 0.3) is 10.0 Å². The van der Waals surface area contributed by atoms with Crippen molar-refractivity contribution in [1.82, 2.24) is 0 Å². The Bertz CT molecular complexity index is 1390. The molecule has 0 saturated carbocycles. The number of hydrogen-bond donors (Lipinski definition) is 2. The van der Waals surface area contributed by atoms with Crippen LogP contribution in [0.4, 0.5) is 15.8 Å². The molecule has 0 spiro atoms. The lowest BCUT2D eigenvalue weighted by atomic mass is 9.99. The van der Waals surface area contributed by atoms with E-state index in [4.69, 9.17) is 4.74 Å². The Kier molecular flexibility index (Phi) is 6.42. The number of Topliss-reactive ketones (excluding diaryl/α,β-unsaturated/α-hetero) is 1. The van der Waals surface area contributed by atoms with Gasteiger partial charge in [0.15, 0.2) is 12.4 Å². The normalized spacial score (nSPS) is 12.9. The van der Waals surface area contributed by atoms with E-state index < -0.39 is 34.2 Å². The third-order valence-corrected chi connectivity index (χ3v) is 6.51. The van der Waals surface area contributed by atoms with Crippen LogP contribution in [0.3, 0.4) is 0 Å². The first kappa shape index (κ1) is 23.1. The van der Waals surface area contributed by atoms with E-state index in [-0.39, 0.29) is 22.1 Å². The molecule has 8 nitrogen and oxygen atoms in total. The maximum atomic E-state index is 13.0. The van der Waals surface area contributed by atoms with E-state index in [0.717, 1.165) is 23.8 Å². The first-order chi connectivity index (χ1) is 16.2. The number of aryl methyl sites for hydroxylation is 1. The van der Waals surface area contributed by atoms with Crippen molar-refractivity contribution in [3.05, 3.63) is 89.2 Å². The summed E-state index contributed by atoms with van der Waals surface area (Å²) in [5.74, 6) is -1.89. The number of sulfonamides is 1. The van der Waals surface area contributed by atoms with Gasteiger partial charge in [0.05, 0.1) is 10.5 Å². The summed E-state index contributed by atoms with van der Waals surface area (Å²) in [4.78, 5) is 36.2. The SMILES string of the molecule is O=C1CCc2cc(C(=O)COC(=O)c3cccc(S(=O)(=O)Nc4ccc(F)cc4)c3)ccc2N1. The molecule has 1 aliphatic heterocycles. The van der Waals surface area contributed by atoms with Crippen molar-refractivity contribution in [1.29, 1.82) is 0 Å². The van der Waals surface area contributed by atoms with E-state index >= 15 is 0 Å². The number of ketones is 1. The lowest BCUT2D eigenvalue weighted by Gasteiger charge is -2.17. The van der Waals surface area contributed by atoms with Crippen LogP contribution in [0.5, 0.6) is 0 Å². The van der Waals surface area contributed by atoms with Crippen molar-refractivity contribution < 1.29 is 31.9 Å². The largest absolute Gasteiger partial charge is 0.454 e. The number of halogens is 1. The van der Waals surface area contributed by atoms with Crippen LogP contribution < -0.4 is 10.0 Å². The van der Waals surface area contributed by atoms with Crippen molar-refractivity contribution in [2.45, 2.75) is 17.7 Å². The van der Waals surface area contributed by atoms with Gasteiger partial charge in [-0.25, -0.2) is 17.6 Å². The van der Waals surface area contributed by atoms with Crippen LogP contribution in [0.25, 0.3) is 0 Å². The minimum Gasteiger partial charge on any atom is -0.454 e. The number of esters is 1. The van der Waals surface area contributed by atoms with E-state index in [0.29, 0.717) is 24.1 Å². The number of ether oxygens (including phenoxy) is 1. The standard InChI is InChI=1S/C24H19FN2O6S/c25-18-6-8-19(9-7-18)27-34(31,32)20-3-1-2-17(13-20)24(30)33-14-22(28)16-4-10-21-15(12-16)5-11-23(29)26-21/h1-4,6-10,12-13,27H,5,11,14H2,(H,26,29). The van der Waals surface area contributed by atoms with Gasteiger partial charge in [-0.05, 0) is 72.6 Å². The zero-order chi connectivity index (χ0) is 24.3. The van der Waals surface area contributed by atoms with Crippen LogP contribution in [0.2, 0.25) is 0 Å². The highest BCUT2D eigenvalue weighted by Crippen LogP contribution is 2.24. The first-order valence-electron chi connectivity index (χ1n) is 10.2. The summed E-state index contributed by atoms with van der Waals surface area (Å²) in [5.41, 5.74) is 1.91. The summed E-state index contributed by atoms with van der Waals surface area (Å²) in [5, 5.41) is 2.73. The molecule has 1 amide bonds. The third-order valence-electron chi connectivity index (χ3n) is 5.13. The summed E-state index contributed by atoms with van der Waals surface area (Å²) >= 11 is 0. The lowest BCUT2D eigenvalue weighted by Crippen LogP contribution is -2.20. The quantitative estimate of drug-likeness (QED) is 0.393. The Balaban J connectivity index is 1.42. The highest BCUT2D eigenvalue weighted by molar-refractivity contribution is 7.92. The number of carbonyl (C=O) groups excluding carboxylic acids is 3. The second-order valence-corrected chi connectivity index (χ2v) is 9.24. The summed E-state index contributed by atoms with van der Waals surface area (Å²) in [6, 6.07) is 14.7. The number of nitrogens with one attached hydrogen (secondary N) is 2. The van der Waals surface area contributed by atoms with Crippen molar-refractivity contribution in [3.63, 3.8) is 0 Å². The van der Waals surface area contributed by atoms with Crippen LogP contribution in [-0.4, -0.2) is 32.7 Å². The van der Waals surface area contributed by atoms with E-state index in [9.17, 15) is 27.2 Å². The summed E-state index contributed by atoms with van der Waals surface area (Å²) in [7, 11) is -4.05. The molecule has 0 fully saturated rings. The number of carbonyl (C=O) groups is 3. The number of rotatable bonds is 7. The molecular weight excluding hydrogens is 463 g/mol. The van der Waals surface area contributed by atoms with Gasteiger partial charge in [-0.1, -0.05) is 6.07 Å². The van der Waals surface area contributed by atoms with Crippen LogP contribution in [-0.2, 0) is 26.0 Å². The van der Waals surface area contributed by atoms with Crippen LogP contribution in [0, 0.1) is 5.82 Å². The van der Waals surface area contributed by atoms with Crippen molar-refractivity contribution in [2.75, 3.05) is 16.6 Å². The molecule has 10 heteroatoms. The van der Waals surface area contributed by atoms with Crippen molar-refractivity contribution in [2.24, 2.45) is 0 Å². The predicted octanol–water partition coefficient (Wildman–Crippen LogP) is 3.55. The molecule has 0 atom stereocenters. The zero-order valence-electron chi connectivity index (χ0n) is 17.7. The van der Waals surface area contributed by atoms with Crippen LogP contribution >= 0.6 is 0 Å². The molecule has 1 aliphatic rings. The van der Waals surface area contributed by atoms with E-state index in [1.54, 1.807) is 12.1 Å². The van der Waals surface area contributed by atoms with E-state index in [1.807, 2.05) is 0 Å². The topological polar surface area (TPSA) is 119 Å². The second-order valence-electron chi connectivity index (χ2n) is 7.56. The maximum Gasteiger partial charge on any atom is 0.338 e. The predicted molar refractivity (Wildman–Crippen MR) is 122 cm³/mol. The van der Waals surface area contributed by atoms with Gasteiger partial charge < -0.3 is 10.1 Å². The molecule has 34 heavy (non-hydrogen) atoms. The summed E-state index contributed by atoms with van der Waals surface area (Å²) < 4.78 is 45.7. The monoisotopic (exact) mass is 482 g/mol. The molecule has 3 aromatic rings. The Morgan fingerprint density at radius 3 is 2.50 bits per heavy atom. The molecule has 174 valence electrons. The van der Waals surface area contributed by atoms with E-state index in [2.05, 4.69) is 10.0 Å². The Morgan fingerprint density at radius 1 is 0.971 bits per heavy atom. The molecule has 0 saturated heterocycles. The number of hydrogen-bond acceptors (Lipinski definition) is 6. The average molecular weight is 482 g/mol. The number of fused-ring (bicyclic) bond motifs is 1. The van der Waals surface area contributed by atoms with Crippen LogP contribution in [0.1, 0.15) is 32.7 Å². The second kappa shape index (κ2) is 9.44. The number of benzene rings is 3. The fourth-order valence-electron chi connectivity index (χ4n) is 3.38. The summed E-state index contributed by atoms with van der Waals surface area (Å²) in [6.45, 7) is -0.533. The van der Waals surface area contributed by atoms with Gasteiger partial charge in [0, 0.05) is 23.4 Å². The average Bonchev–Trinajstić information content (AvgIpc) is 2.83. The molecule has 0 radical (unpaired) electrons. The zero-order valence-corrected chi connectivity index (χ0v) is 18.5. The van der Waals surface area contributed by atoms with Gasteiger partial charge in [0.2, 0.25) is 5.91 Å². The minimum atomic E-state index is -4.05. The molecule has 1 heterocycles. The molecule has 0 aromatic heterocycles. The summed E-state index contributed by atoms with van der Waals surface area (Å²) in [6.07, 6.45) is 0.837. The van der Waals surface area contributed by atoms with Gasteiger partial charge in [0.1, 0.15) is 5.82 Å². The highest BCUT2D eigenvalue weighted by Gasteiger charge is 2.20. The van der Waals surface area contributed by atoms with E-state index in [1.165, 1.54) is 36.4 Å². The first-order valence-corrected chi connectivity index (χ1v) is 11.7. The maximum absolute atomic E-state index is 13.0. The molecule has 2 N–H and O–H groups in total. The Hall–Kier alpha value is -4.05. The molecule has 0 unspecified atom stereocenters. The Labute approximate surface area is 194 Å². The van der Waals surface area contributed by atoms with Gasteiger partial charge in [-0.3, -0.25) is 14.3 Å². The number of amides is 1. The fourth-order valence-corrected chi connectivity index (χ4v) is 4.48. The van der Waals surface area contributed by atoms with Gasteiger partial charge in [-0.2, -0.15) is 0 Å². The van der Waals surface area contributed by atoms with Gasteiger partial charge in [-0.15, -0.1) is 0 Å². The molecular formula is C24H19FN2O6S. The third kappa shape index (κ3) is 5.29. The minimum absolute atomic E-state index is 0.0528. The molecule has 0 bridgehead atoms. The van der Waals surface area contributed by atoms with Gasteiger partial charge >= 0.3 is 5.97 Å². The molecule has 0 aliphatic carbocycles. The smallest absolute Gasteiger partial charge is 0.338 e. The molecule has 3 aromatic carbocycles. The number of anilines is 2. The highest BCUT2D eigenvalue weighted by atomic mass is 32.2. The fraction of sp³-hybridized carbons (Fsp3) is 0.125. The van der Waals surface area contributed by atoms with Crippen molar-refractivity contribution >= 4 is 39.1 Å².